The van der Waals surface area contributed by atoms with Crippen molar-refractivity contribution in [2.45, 2.75) is 37.4 Å². The van der Waals surface area contributed by atoms with E-state index in [9.17, 15) is 18.0 Å². The molecule has 0 unspecified atom stereocenters. The number of benzene rings is 1. The summed E-state index contributed by atoms with van der Waals surface area (Å²) in [5.41, 5.74) is 5.03. The van der Waals surface area contributed by atoms with Crippen LogP contribution >= 0.6 is 0 Å². The molecule has 1 aromatic carbocycles. The molecule has 0 saturated heterocycles. The Morgan fingerprint density at radius 2 is 2.04 bits per heavy atom. The highest BCUT2D eigenvalue weighted by atomic mass is 19.4. The Morgan fingerprint density at radius 1 is 1.29 bits per heavy atom. The van der Waals surface area contributed by atoms with Crippen LogP contribution < -0.4 is 11.1 Å². The normalized spacial score (nSPS) is 15.1. The van der Waals surface area contributed by atoms with Gasteiger partial charge < -0.3 is 11.1 Å². The van der Waals surface area contributed by atoms with Gasteiger partial charge >= 0.3 is 6.18 Å². The van der Waals surface area contributed by atoms with E-state index in [-0.39, 0.29) is 23.0 Å². The molecule has 1 aliphatic rings. The van der Waals surface area contributed by atoms with Crippen LogP contribution in [-0.2, 0) is 17.4 Å². The van der Waals surface area contributed by atoms with Crippen LogP contribution in [0.1, 0.15) is 36.3 Å². The summed E-state index contributed by atoms with van der Waals surface area (Å²) in [5.74, 6) is -0.471. The van der Waals surface area contributed by atoms with Crippen LogP contribution in [0.3, 0.4) is 0 Å². The molecule has 146 valence electrons. The maximum absolute atomic E-state index is 12.9. The number of nitrogens with one attached hydrogen (secondary N) is 1. The van der Waals surface area contributed by atoms with Crippen molar-refractivity contribution in [2.24, 2.45) is 5.73 Å². The summed E-state index contributed by atoms with van der Waals surface area (Å²) < 4.78 is 38.8. The second-order valence-corrected chi connectivity index (χ2v) is 6.74. The first-order valence-electron chi connectivity index (χ1n) is 8.74. The first-order chi connectivity index (χ1) is 13.2. The van der Waals surface area contributed by atoms with E-state index in [4.69, 9.17) is 11.0 Å². The van der Waals surface area contributed by atoms with E-state index in [2.05, 4.69) is 15.3 Å². The lowest BCUT2D eigenvalue weighted by Gasteiger charge is -2.13. The first-order valence-corrected chi connectivity index (χ1v) is 8.74. The van der Waals surface area contributed by atoms with Gasteiger partial charge in [0.15, 0.2) is 0 Å². The van der Waals surface area contributed by atoms with Gasteiger partial charge in [-0.1, -0.05) is 12.1 Å². The number of carbonyl (C=O) groups excluding carboxylic acids is 1. The Bertz CT molecular complexity index is 932. The van der Waals surface area contributed by atoms with Gasteiger partial charge in [-0.05, 0) is 50.4 Å². The Morgan fingerprint density at radius 3 is 2.64 bits per heavy atom. The second kappa shape index (κ2) is 7.56. The van der Waals surface area contributed by atoms with Crippen molar-refractivity contribution in [3.63, 3.8) is 0 Å². The molecule has 6 nitrogen and oxygen atoms in total. The summed E-state index contributed by atoms with van der Waals surface area (Å²) in [5, 5.41) is 12.3. The molecule has 0 atom stereocenters. The number of nitrogens with zero attached hydrogens (tertiary/aromatic N) is 3. The Kier molecular flexibility index (Phi) is 5.34. The van der Waals surface area contributed by atoms with E-state index >= 15 is 0 Å². The highest BCUT2D eigenvalue weighted by molar-refractivity contribution is 5.87. The van der Waals surface area contributed by atoms with Crippen molar-refractivity contribution in [3.05, 3.63) is 47.4 Å². The van der Waals surface area contributed by atoms with Crippen LogP contribution in [0.2, 0.25) is 0 Å². The van der Waals surface area contributed by atoms with E-state index in [0.29, 0.717) is 37.9 Å². The number of nitrogens with two attached hydrogens (primary N) is 1. The molecule has 1 saturated carbocycles. The van der Waals surface area contributed by atoms with Crippen LogP contribution in [0.25, 0.3) is 11.3 Å². The fraction of sp³-hybridized carbons (Fsp3) is 0.368. The third-order valence-corrected chi connectivity index (χ3v) is 4.66. The van der Waals surface area contributed by atoms with Gasteiger partial charge in [0, 0.05) is 11.3 Å². The molecule has 28 heavy (non-hydrogen) atoms. The summed E-state index contributed by atoms with van der Waals surface area (Å²) >= 11 is 0. The van der Waals surface area contributed by atoms with Gasteiger partial charge in [0.25, 0.3) is 0 Å². The summed E-state index contributed by atoms with van der Waals surface area (Å²) in [7, 11) is 0. The van der Waals surface area contributed by atoms with Crippen molar-refractivity contribution in [1.82, 2.24) is 15.3 Å². The zero-order valence-corrected chi connectivity index (χ0v) is 14.9. The molecule has 1 fully saturated rings. The minimum atomic E-state index is -4.46. The highest BCUT2D eigenvalue weighted by Crippen LogP contribution is 2.35. The number of hydrogen-bond donors (Lipinski definition) is 2. The number of nitriles is 1. The van der Waals surface area contributed by atoms with E-state index in [1.54, 1.807) is 6.07 Å². The number of aryl methyl sites for hydroxylation is 1. The summed E-state index contributed by atoms with van der Waals surface area (Å²) in [6, 6.07) is 8.21. The lowest BCUT2D eigenvalue weighted by atomic mass is 10.1. The smallest absolute Gasteiger partial charge is 0.368 e. The molecule has 3 N–H and O–H groups in total. The van der Waals surface area contributed by atoms with E-state index < -0.39 is 17.3 Å². The Balaban J connectivity index is 1.74. The topological polar surface area (TPSA) is 105 Å². The standard InChI is InChI=1S/C19H18F3N5O/c20-19(21,22)13-4-1-3-12(9-13)15-10-14(26-16(11-23)27-15)5-2-8-25-18(6-7-18)17(24)28/h1,3-4,9-10,25H,2,5-8H2,(H2,24,28). The van der Waals surface area contributed by atoms with Crippen LogP contribution in [0.5, 0.6) is 0 Å². The molecule has 1 amide bonds. The first kappa shape index (κ1) is 19.8. The molecular weight excluding hydrogens is 371 g/mol. The maximum Gasteiger partial charge on any atom is 0.416 e. The summed E-state index contributed by atoms with van der Waals surface area (Å²) in [6.45, 7) is 0.535. The molecule has 0 bridgehead atoms. The van der Waals surface area contributed by atoms with Crippen molar-refractivity contribution < 1.29 is 18.0 Å². The lowest BCUT2D eigenvalue weighted by molar-refractivity contribution is -0.137. The van der Waals surface area contributed by atoms with Gasteiger partial charge in [-0.2, -0.15) is 18.4 Å². The van der Waals surface area contributed by atoms with Gasteiger partial charge in [0.2, 0.25) is 11.7 Å². The molecule has 1 aliphatic carbocycles. The van der Waals surface area contributed by atoms with Crippen molar-refractivity contribution in [3.8, 4) is 17.3 Å². The van der Waals surface area contributed by atoms with E-state index in [1.165, 1.54) is 12.1 Å². The summed E-state index contributed by atoms with van der Waals surface area (Å²) in [6.07, 6.45) is -1.93. The monoisotopic (exact) mass is 389 g/mol. The molecule has 0 aliphatic heterocycles. The Hall–Kier alpha value is -2.99. The molecule has 9 heteroatoms. The number of amides is 1. The fourth-order valence-corrected chi connectivity index (χ4v) is 2.91. The summed E-state index contributed by atoms with van der Waals surface area (Å²) in [4.78, 5) is 19.5. The predicted octanol–water partition coefficient (Wildman–Crippen LogP) is 2.57. The number of hydrogen-bond acceptors (Lipinski definition) is 5. The van der Waals surface area contributed by atoms with Crippen molar-refractivity contribution >= 4 is 5.91 Å². The number of aromatic nitrogens is 2. The van der Waals surface area contributed by atoms with Gasteiger partial charge in [0.1, 0.15) is 6.07 Å². The van der Waals surface area contributed by atoms with Gasteiger partial charge in [-0.3, -0.25) is 4.79 Å². The minimum Gasteiger partial charge on any atom is -0.368 e. The van der Waals surface area contributed by atoms with Gasteiger partial charge in [0.05, 0.1) is 16.8 Å². The van der Waals surface area contributed by atoms with E-state index in [0.717, 1.165) is 12.1 Å². The molecule has 2 aromatic rings. The van der Waals surface area contributed by atoms with Crippen LogP contribution in [0.15, 0.2) is 30.3 Å². The minimum absolute atomic E-state index is 0.103. The van der Waals surface area contributed by atoms with Crippen LogP contribution in [0, 0.1) is 11.3 Å². The molecular formula is C19H18F3N5O. The molecule has 1 heterocycles. The van der Waals surface area contributed by atoms with Crippen molar-refractivity contribution in [1.29, 1.82) is 5.26 Å². The largest absolute Gasteiger partial charge is 0.416 e. The number of alkyl halides is 3. The molecule has 1 aromatic heterocycles. The number of primary amides is 1. The number of halogens is 3. The average molecular weight is 389 g/mol. The quantitative estimate of drug-likeness (QED) is 0.708. The highest BCUT2D eigenvalue weighted by Gasteiger charge is 2.47. The van der Waals surface area contributed by atoms with Crippen LogP contribution in [-0.4, -0.2) is 28.0 Å². The predicted molar refractivity (Wildman–Crippen MR) is 94.7 cm³/mol. The number of rotatable bonds is 7. The van der Waals surface area contributed by atoms with Crippen molar-refractivity contribution in [2.75, 3.05) is 6.54 Å². The zero-order valence-electron chi connectivity index (χ0n) is 14.9. The Labute approximate surface area is 159 Å². The molecule has 0 radical (unpaired) electrons. The van der Waals surface area contributed by atoms with Crippen LogP contribution in [0.4, 0.5) is 13.2 Å². The van der Waals surface area contributed by atoms with Gasteiger partial charge in [-0.15, -0.1) is 0 Å². The fourth-order valence-electron chi connectivity index (χ4n) is 2.91. The van der Waals surface area contributed by atoms with Gasteiger partial charge in [-0.25, -0.2) is 9.97 Å². The third-order valence-electron chi connectivity index (χ3n) is 4.66. The average Bonchev–Trinajstić information content (AvgIpc) is 3.46. The number of carbonyl (C=O) groups is 1. The van der Waals surface area contributed by atoms with E-state index in [1.807, 2.05) is 6.07 Å². The lowest BCUT2D eigenvalue weighted by Crippen LogP contribution is -2.44. The molecule has 0 spiro atoms. The maximum atomic E-state index is 12.9. The zero-order chi connectivity index (χ0) is 20.4. The second-order valence-electron chi connectivity index (χ2n) is 6.74. The SMILES string of the molecule is N#Cc1nc(CCCNC2(C(N)=O)CC2)cc(-c2cccc(C(F)(F)F)c2)n1. The third kappa shape index (κ3) is 4.46. The molecule has 3 rings (SSSR count).